The highest BCUT2D eigenvalue weighted by Crippen LogP contribution is 2.21. The lowest BCUT2D eigenvalue weighted by Gasteiger charge is -2.25. The van der Waals surface area contributed by atoms with Crippen molar-refractivity contribution in [2.24, 2.45) is 5.41 Å². The van der Waals surface area contributed by atoms with Gasteiger partial charge in [0.2, 0.25) is 5.91 Å². The van der Waals surface area contributed by atoms with Crippen LogP contribution in [0.15, 0.2) is 30.3 Å². The molecule has 0 aliphatic carbocycles. The van der Waals surface area contributed by atoms with Crippen molar-refractivity contribution in [3.8, 4) is 0 Å². The summed E-state index contributed by atoms with van der Waals surface area (Å²) in [6.45, 7) is 8.56. The summed E-state index contributed by atoms with van der Waals surface area (Å²) >= 11 is 0. The summed E-state index contributed by atoms with van der Waals surface area (Å²) in [6, 6.07) is 10.5. The van der Waals surface area contributed by atoms with Gasteiger partial charge < -0.3 is 10.4 Å². The fraction of sp³-hybridized carbons (Fsp3) is 0.632. The van der Waals surface area contributed by atoms with E-state index in [0.717, 1.165) is 19.4 Å². The Bertz CT molecular complexity index is 496. The second-order valence-electron chi connectivity index (χ2n) is 7.82. The summed E-state index contributed by atoms with van der Waals surface area (Å²) in [5.41, 5.74) is 1.42. The number of carbonyl (C=O) groups is 1. The number of nitrogens with zero attached hydrogens (tertiary/aromatic N) is 1. The molecular weight excluding hydrogens is 288 g/mol. The highest BCUT2D eigenvalue weighted by molar-refractivity contribution is 5.75. The van der Waals surface area contributed by atoms with Gasteiger partial charge in [-0.2, -0.15) is 0 Å². The van der Waals surface area contributed by atoms with Gasteiger partial charge in [-0.1, -0.05) is 51.1 Å². The van der Waals surface area contributed by atoms with Gasteiger partial charge in [0.15, 0.2) is 0 Å². The molecule has 2 rings (SSSR count). The van der Waals surface area contributed by atoms with Crippen molar-refractivity contribution in [2.45, 2.75) is 58.7 Å². The average Bonchev–Trinajstić information content (AvgIpc) is 2.83. The van der Waals surface area contributed by atoms with E-state index in [4.69, 9.17) is 0 Å². The number of aliphatic hydroxyl groups is 1. The molecule has 128 valence electrons. The van der Waals surface area contributed by atoms with E-state index in [0.29, 0.717) is 19.5 Å². The van der Waals surface area contributed by atoms with Gasteiger partial charge in [0, 0.05) is 32.1 Å². The van der Waals surface area contributed by atoms with Crippen LogP contribution >= 0.6 is 0 Å². The Morgan fingerprint density at radius 1 is 1.30 bits per heavy atom. The van der Waals surface area contributed by atoms with Crippen LogP contribution in [0.4, 0.5) is 0 Å². The molecule has 1 amide bonds. The molecule has 0 aromatic heterocycles. The summed E-state index contributed by atoms with van der Waals surface area (Å²) in [5.74, 6) is 0.112. The molecule has 2 atom stereocenters. The van der Waals surface area contributed by atoms with Crippen LogP contribution < -0.4 is 5.32 Å². The van der Waals surface area contributed by atoms with E-state index >= 15 is 0 Å². The molecule has 1 fully saturated rings. The number of rotatable bonds is 6. The van der Waals surface area contributed by atoms with Crippen molar-refractivity contribution >= 4 is 5.91 Å². The molecule has 1 heterocycles. The summed E-state index contributed by atoms with van der Waals surface area (Å²) in [4.78, 5) is 14.3. The molecule has 0 radical (unpaired) electrons. The van der Waals surface area contributed by atoms with Gasteiger partial charge in [0.05, 0.1) is 6.10 Å². The van der Waals surface area contributed by atoms with Crippen molar-refractivity contribution in [1.82, 2.24) is 10.2 Å². The van der Waals surface area contributed by atoms with Crippen molar-refractivity contribution in [2.75, 3.05) is 13.1 Å². The topological polar surface area (TPSA) is 52.6 Å². The van der Waals surface area contributed by atoms with Crippen LogP contribution in [0, 0.1) is 5.41 Å². The second kappa shape index (κ2) is 7.93. The van der Waals surface area contributed by atoms with Crippen LogP contribution in [-0.4, -0.2) is 41.1 Å². The minimum atomic E-state index is -0.296. The zero-order valence-electron chi connectivity index (χ0n) is 14.6. The van der Waals surface area contributed by atoms with E-state index in [-0.39, 0.29) is 23.5 Å². The Labute approximate surface area is 139 Å². The van der Waals surface area contributed by atoms with Crippen LogP contribution in [0.25, 0.3) is 0 Å². The molecule has 2 N–H and O–H groups in total. The Morgan fingerprint density at radius 2 is 2.00 bits per heavy atom. The number of aliphatic hydroxyl groups excluding tert-OH is 1. The molecule has 4 nitrogen and oxygen atoms in total. The zero-order chi connectivity index (χ0) is 16.9. The van der Waals surface area contributed by atoms with Gasteiger partial charge in [-0.05, 0) is 23.8 Å². The predicted octanol–water partition coefficient (Wildman–Crippen LogP) is 2.56. The monoisotopic (exact) mass is 318 g/mol. The molecule has 4 heteroatoms. The lowest BCUT2D eigenvalue weighted by Crippen LogP contribution is -2.40. The van der Waals surface area contributed by atoms with Crippen molar-refractivity contribution in [3.63, 3.8) is 0 Å². The maximum absolute atomic E-state index is 12.0. The number of nitrogens with one attached hydrogen (secondary N) is 1. The number of β-amino-alcohol motifs (C(OH)–C–C–N with tert-alkyl or cyclic N) is 1. The standard InChI is InChI=1S/C19H30N2O2/c1-19(2,3)10-9-18(23)20-12-16-11-17(22)14-21(16)13-15-7-5-4-6-8-15/h4-8,16-17,22H,9-14H2,1-3H3,(H,20,23). The molecule has 1 aromatic carbocycles. The van der Waals surface area contributed by atoms with Crippen molar-refractivity contribution < 1.29 is 9.90 Å². The van der Waals surface area contributed by atoms with E-state index in [1.54, 1.807) is 0 Å². The maximum Gasteiger partial charge on any atom is 0.220 e. The largest absolute Gasteiger partial charge is 0.392 e. The molecular formula is C19H30N2O2. The Morgan fingerprint density at radius 3 is 2.65 bits per heavy atom. The molecule has 23 heavy (non-hydrogen) atoms. The van der Waals surface area contributed by atoms with Crippen LogP contribution in [0.2, 0.25) is 0 Å². The molecule has 1 aromatic rings. The molecule has 1 saturated heterocycles. The summed E-state index contributed by atoms with van der Waals surface area (Å²) in [5, 5.41) is 13.0. The van der Waals surface area contributed by atoms with Crippen molar-refractivity contribution in [3.05, 3.63) is 35.9 Å². The third-order valence-corrected chi connectivity index (χ3v) is 4.37. The fourth-order valence-electron chi connectivity index (χ4n) is 2.99. The van der Waals surface area contributed by atoms with E-state index in [9.17, 15) is 9.90 Å². The van der Waals surface area contributed by atoms with Gasteiger partial charge in [0.1, 0.15) is 0 Å². The second-order valence-corrected chi connectivity index (χ2v) is 7.82. The lowest BCUT2D eigenvalue weighted by molar-refractivity contribution is -0.121. The van der Waals surface area contributed by atoms with Gasteiger partial charge in [-0.3, -0.25) is 9.69 Å². The Balaban J connectivity index is 1.81. The van der Waals surface area contributed by atoms with Crippen LogP contribution in [-0.2, 0) is 11.3 Å². The fourth-order valence-corrected chi connectivity index (χ4v) is 2.99. The van der Waals surface area contributed by atoms with Gasteiger partial charge in [0.25, 0.3) is 0 Å². The highest BCUT2D eigenvalue weighted by atomic mass is 16.3. The summed E-state index contributed by atoms with van der Waals surface area (Å²) < 4.78 is 0. The molecule has 0 saturated carbocycles. The van der Waals surface area contributed by atoms with Gasteiger partial charge in [-0.25, -0.2) is 0 Å². The quantitative estimate of drug-likeness (QED) is 0.847. The first-order chi connectivity index (χ1) is 10.8. The smallest absolute Gasteiger partial charge is 0.220 e. The highest BCUT2D eigenvalue weighted by Gasteiger charge is 2.30. The number of amides is 1. The van der Waals surface area contributed by atoms with Crippen LogP contribution in [0.3, 0.4) is 0 Å². The third kappa shape index (κ3) is 6.32. The number of hydrogen-bond acceptors (Lipinski definition) is 3. The van der Waals surface area contributed by atoms with Crippen LogP contribution in [0.1, 0.15) is 45.6 Å². The first-order valence-corrected chi connectivity index (χ1v) is 8.56. The molecule has 1 aliphatic heterocycles. The molecule has 1 aliphatic rings. The van der Waals surface area contributed by atoms with Crippen LogP contribution in [0.5, 0.6) is 0 Å². The molecule has 0 bridgehead atoms. The summed E-state index contributed by atoms with van der Waals surface area (Å²) in [7, 11) is 0. The number of benzene rings is 1. The van der Waals surface area contributed by atoms with Gasteiger partial charge >= 0.3 is 0 Å². The minimum absolute atomic E-state index is 0.112. The van der Waals surface area contributed by atoms with Gasteiger partial charge in [-0.15, -0.1) is 0 Å². The number of carbonyl (C=O) groups excluding carboxylic acids is 1. The van der Waals surface area contributed by atoms with E-state index in [1.165, 1.54) is 5.56 Å². The zero-order valence-corrected chi connectivity index (χ0v) is 14.6. The molecule has 0 spiro atoms. The van der Waals surface area contributed by atoms with E-state index < -0.39 is 0 Å². The minimum Gasteiger partial charge on any atom is -0.392 e. The number of likely N-dealkylation sites (tertiary alicyclic amines) is 1. The first kappa shape index (κ1) is 18.0. The normalized spacial score (nSPS) is 22.3. The Hall–Kier alpha value is -1.39. The third-order valence-electron chi connectivity index (χ3n) is 4.37. The Kier molecular flexibility index (Phi) is 6.19. The van der Waals surface area contributed by atoms with Crippen molar-refractivity contribution in [1.29, 1.82) is 0 Å². The average molecular weight is 318 g/mol. The maximum atomic E-state index is 12.0. The predicted molar refractivity (Wildman–Crippen MR) is 93.0 cm³/mol. The lowest BCUT2D eigenvalue weighted by atomic mass is 9.90. The number of hydrogen-bond donors (Lipinski definition) is 2. The molecule has 2 unspecified atom stereocenters. The first-order valence-electron chi connectivity index (χ1n) is 8.56. The van der Waals surface area contributed by atoms with E-state index in [1.807, 2.05) is 18.2 Å². The summed E-state index contributed by atoms with van der Waals surface area (Å²) in [6.07, 6.45) is 1.89. The van der Waals surface area contributed by atoms with E-state index in [2.05, 4.69) is 43.1 Å². The SMILES string of the molecule is CC(C)(C)CCC(=O)NCC1CC(O)CN1Cc1ccccc1.